The fourth-order valence-electron chi connectivity index (χ4n) is 6.63. The molecule has 5 atom stereocenters. The van der Waals surface area contributed by atoms with E-state index in [-0.39, 0.29) is 49.5 Å². The summed E-state index contributed by atoms with van der Waals surface area (Å²) in [7, 11) is 0. The number of phenols is 1. The van der Waals surface area contributed by atoms with E-state index in [0.29, 0.717) is 34.8 Å². The predicted molar refractivity (Wildman–Crippen MR) is 206 cm³/mol. The van der Waals surface area contributed by atoms with Gasteiger partial charge in [-0.25, -0.2) is 4.79 Å². The number of carbonyl (C=O) groups is 4. The van der Waals surface area contributed by atoms with Gasteiger partial charge in [0.05, 0.1) is 10.5 Å². The zero-order valence-electron chi connectivity index (χ0n) is 30.4. The quantitative estimate of drug-likeness (QED) is 0.0837. The maximum absolute atomic E-state index is 14.7. The fourth-order valence-corrected chi connectivity index (χ4v) is 7.17. The van der Waals surface area contributed by atoms with Crippen molar-refractivity contribution in [1.82, 2.24) is 26.3 Å². The van der Waals surface area contributed by atoms with Gasteiger partial charge in [0.25, 0.3) is 0 Å². The van der Waals surface area contributed by atoms with Gasteiger partial charge in [0.1, 0.15) is 30.0 Å². The third-order valence-electron chi connectivity index (χ3n) is 10.3. The topological polar surface area (TPSA) is 162 Å². The number of hydrogen-bond acceptors (Lipinski definition) is 6. The lowest BCUT2D eigenvalue weighted by Gasteiger charge is -2.39. The number of fused-ring (bicyclic) bond motifs is 3. The Hall–Kier alpha value is -4.74. The summed E-state index contributed by atoms with van der Waals surface area (Å²) < 4.78 is 5.46. The molecule has 53 heavy (non-hydrogen) atoms. The molecule has 6 N–H and O–H groups in total. The molecule has 0 aliphatic heterocycles. The molecule has 11 nitrogen and oxygen atoms in total. The molecule has 0 spiro atoms. The lowest BCUT2D eigenvalue weighted by Crippen LogP contribution is -2.67. The molecular formula is C40H47Cl2N5O6. The van der Waals surface area contributed by atoms with Gasteiger partial charge < -0.3 is 36.1 Å². The lowest BCUT2D eigenvalue weighted by molar-refractivity contribution is -0.138. The maximum atomic E-state index is 14.7. The van der Waals surface area contributed by atoms with Gasteiger partial charge in [0.2, 0.25) is 17.7 Å². The van der Waals surface area contributed by atoms with E-state index >= 15 is 0 Å². The van der Waals surface area contributed by atoms with Gasteiger partial charge in [0, 0.05) is 29.1 Å². The number of H-pyrrole nitrogens is 1. The second-order valence-electron chi connectivity index (χ2n) is 13.9. The van der Waals surface area contributed by atoms with E-state index in [4.69, 9.17) is 27.9 Å². The molecule has 1 aliphatic rings. The second-order valence-corrected chi connectivity index (χ2v) is 14.8. The van der Waals surface area contributed by atoms with Crippen molar-refractivity contribution in [3.63, 3.8) is 0 Å². The fraction of sp³-hybridized carbons (Fsp3) is 0.400. The van der Waals surface area contributed by atoms with Gasteiger partial charge in [-0.2, -0.15) is 0 Å². The number of benzene rings is 3. The highest BCUT2D eigenvalue weighted by Crippen LogP contribution is 2.38. The zero-order valence-corrected chi connectivity index (χ0v) is 31.9. The number of aromatic amines is 1. The number of halogens is 2. The molecule has 282 valence electrons. The number of amides is 4. The molecule has 13 heteroatoms. The summed E-state index contributed by atoms with van der Waals surface area (Å²) in [6, 6.07) is 17.1. The van der Waals surface area contributed by atoms with Crippen LogP contribution in [0.2, 0.25) is 10.0 Å². The largest absolute Gasteiger partial charge is 0.508 e. The third-order valence-corrected chi connectivity index (χ3v) is 10.8. The van der Waals surface area contributed by atoms with E-state index in [2.05, 4.69) is 26.3 Å². The van der Waals surface area contributed by atoms with Gasteiger partial charge in [-0.3, -0.25) is 14.4 Å². The average Bonchev–Trinajstić information content (AvgIpc) is 3.52. The van der Waals surface area contributed by atoms with Crippen LogP contribution in [-0.2, 0) is 45.1 Å². The summed E-state index contributed by atoms with van der Waals surface area (Å²) in [5, 5.41) is 22.9. The molecule has 0 saturated carbocycles. The SMILES string of the molecule is CCC(C)[C@H](NC(=O)OCc1ccccc1)C(=O)N[C@]1(C(=O)N[C@H](C(=O)NCc2ccc(O)cc2)C(C)CC)CCc2[nH]c3c(Cl)cc(Cl)cc3c2C1. The minimum atomic E-state index is -1.52. The van der Waals surface area contributed by atoms with E-state index in [1.807, 2.05) is 58.0 Å². The van der Waals surface area contributed by atoms with Crippen LogP contribution in [0.5, 0.6) is 5.75 Å². The van der Waals surface area contributed by atoms with Crippen molar-refractivity contribution in [2.75, 3.05) is 0 Å². The first-order chi connectivity index (χ1) is 25.3. The van der Waals surface area contributed by atoms with Gasteiger partial charge >= 0.3 is 6.09 Å². The van der Waals surface area contributed by atoms with E-state index in [0.717, 1.165) is 27.8 Å². The Morgan fingerprint density at radius 2 is 1.55 bits per heavy atom. The Kier molecular flexibility index (Phi) is 13.0. The number of carbonyl (C=O) groups excluding carboxylic acids is 4. The minimum Gasteiger partial charge on any atom is -0.508 e. The Balaban J connectivity index is 1.44. The zero-order chi connectivity index (χ0) is 38.3. The van der Waals surface area contributed by atoms with E-state index < -0.39 is 35.5 Å². The Labute approximate surface area is 319 Å². The minimum absolute atomic E-state index is 0.0220. The number of hydrogen-bond donors (Lipinski definition) is 6. The van der Waals surface area contributed by atoms with Crippen LogP contribution in [0.3, 0.4) is 0 Å². The molecule has 0 fully saturated rings. The molecule has 3 aromatic carbocycles. The van der Waals surface area contributed by atoms with Crippen LogP contribution in [-0.4, -0.2) is 51.5 Å². The molecule has 0 radical (unpaired) electrons. The Bertz CT molecular complexity index is 1940. The number of alkyl carbamates (subject to hydrolysis) is 1. The molecule has 1 aromatic heterocycles. The maximum Gasteiger partial charge on any atom is 0.408 e. The normalized spacial score (nSPS) is 17.5. The first kappa shape index (κ1) is 39.5. The van der Waals surface area contributed by atoms with Crippen LogP contribution in [0.1, 0.15) is 69.3 Å². The van der Waals surface area contributed by atoms with Crippen molar-refractivity contribution in [3.05, 3.63) is 99.2 Å². The first-order valence-electron chi connectivity index (χ1n) is 18.0. The summed E-state index contributed by atoms with van der Waals surface area (Å²) >= 11 is 13.0. The van der Waals surface area contributed by atoms with Crippen molar-refractivity contribution >= 4 is 57.9 Å². The van der Waals surface area contributed by atoms with Crippen LogP contribution >= 0.6 is 23.2 Å². The smallest absolute Gasteiger partial charge is 0.408 e. The number of ether oxygens (including phenoxy) is 1. The highest BCUT2D eigenvalue weighted by atomic mass is 35.5. The molecule has 4 amide bonds. The molecule has 4 aromatic rings. The van der Waals surface area contributed by atoms with Crippen molar-refractivity contribution in [2.45, 2.75) is 90.6 Å². The van der Waals surface area contributed by atoms with Gasteiger partial charge in [-0.15, -0.1) is 0 Å². The predicted octanol–water partition coefficient (Wildman–Crippen LogP) is 6.71. The molecule has 0 saturated heterocycles. The summed E-state index contributed by atoms with van der Waals surface area (Å²) in [6.45, 7) is 7.77. The monoisotopic (exact) mass is 763 g/mol. The van der Waals surface area contributed by atoms with Gasteiger partial charge in [-0.1, -0.05) is 106 Å². The third kappa shape index (κ3) is 9.44. The van der Waals surface area contributed by atoms with E-state index in [1.54, 1.807) is 24.3 Å². The molecule has 1 aliphatic carbocycles. The molecule has 1 heterocycles. The molecule has 0 bridgehead atoms. The first-order valence-corrected chi connectivity index (χ1v) is 18.7. The van der Waals surface area contributed by atoms with Gasteiger partial charge in [0.15, 0.2) is 0 Å². The highest BCUT2D eigenvalue weighted by molar-refractivity contribution is 6.38. The van der Waals surface area contributed by atoms with Crippen LogP contribution in [0.4, 0.5) is 4.79 Å². The Morgan fingerprint density at radius 1 is 0.887 bits per heavy atom. The van der Waals surface area contributed by atoms with Crippen molar-refractivity contribution in [3.8, 4) is 5.75 Å². The number of phenolic OH excluding ortho intramolecular Hbond substituents is 1. The molecule has 2 unspecified atom stereocenters. The van der Waals surface area contributed by atoms with E-state index in [1.165, 1.54) is 12.1 Å². The number of aryl methyl sites for hydroxylation is 1. The number of nitrogens with one attached hydrogen (secondary N) is 5. The molecular weight excluding hydrogens is 717 g/mol. The molecule has 5 rings (SSSR count). The van der Waals surface area contributed by atoms with Crippen LogP contribution in [0, 0.1) is 11.8 Å². The van der Waals surface area contributed by atoms with E-state index in [9.17, 15) is 24.3 Å². The second kappa shape index (κ2) is 17.4. The average molecular weight is 765 g/mol. The standard InChI is InChI=1S/C40H47Cl2N5O6/c1-5-23(3)33(36(49)43-21-25-12-14-28(48)15-13-25)45-38(51)40(17-16-32-30(20-40)29-18-27(41)19-31(42)35(29)44-32)47-37(50)34(24(4)6-2)46-39(52)53-22-26-10-8-7-9-11-26/h7-15,18-19,23-24,33-34,44,48H,5-6,16-17,20-22H2,1-4H3,(H,43,49)(H,45,51)(H,46,52)(H,47,50)/t23?,24?,33-,34-,40+/m0/s1. The van der Waals surface area contributed by atoms with Crippen LogP contribution < -0.4 is 21.3 Å². The summed E-state index contributed by atoms with van der Waals surface area (Å²) in [4.78, 5) is 59.2. The van der Waals surface area contributed by atoms with Gasteiger partial charge in [-0.05, 0) is 65.6 Å². The lowest BCUT2D eigenvalue weighted by atomic mass is 9.78. The van der Waals surface area contributed by atoms with Crippen LogP contribution in [0.25, 0.3) is 10.9 Å². The summed E-state index contributed by atoms with van der Waals surface area (Å²) in [5.41, 5.74) is 2.37. The Morgan fingerprint density at radius 3 is 2.21 bits per heavy atom. The summed E-state index contributed by atoms with van der Waals surface area (Å²) in [5.74, 6) is -1.93. The van der Waals surface area contributed by atoms with Crippen molar-refractivity contribution < 1.29 is 29.0 Å². The van der Waals surface area contributed by atoms with Crippen molar-refractivity contribution in [1.29, 1.82) is 0 Å². The summed E-state index contributed by atoms with van der Waals surface area (Å²) in [6.07, 6.45) is 1.03. The van der Waals surface area contributed by atoms with Crippen LogP contribution in [0.15, 0.2) is 66.7 Å². The number of rotatable bonds is 14. The number of aromatic nitrogens is 1. The van der Waals surface area contributed by atoms with Crippen molar-refractivity contribution in [2.24, 2.45) is 11.8 Å². The number of aromatic hydroxyl groups is 1. The highest BCUT2D eigenvalue weighted by Gasteiger charge is 2.47.